The van der Waals surface area contributed by atoms with Crippen LogP contribution in [0.15, 0.2) is 74.1 Å². The number of aromatic nitrogens is 1. The number of benzene rings is 2. The Morgan fingerprint density at radius 2 is 1.81 bits per heavy atom. The van der Waals surface area contributed by atoms with Crippen LogP contribution in [0, 0.1) is 6.92 Å². The van der Waals surface area contributed by atoms with Gasteiger partial charge in [-0.3, -0.25) is 9.36 Å². The van der Waals surface area contributed by atoms with Gasteiger partial charge in [-0.2, -0.15) is 8.42 Å². The third-order valence-electron chi connectivity index (χ3n) is 5.18. The molecule has 9 heteroatoms. The molecule has 156 valence electrons. The second-order valence-corrected chi connectivity index (χ2v) is 9.67. The first-order valence-electron chi connectivity index (χ1n) is 9.45. The van der Waals surface area contributed by atoms with Gasteiger partial charge in [0.05, 0.1) is 17.6 Å². The van der Waals surface area contributed by atoms with Crippen molar-refractivity contribution in [3.8, 4) is 5.75 Å². The minimum Gasteiger partial charge on any atom is -0.506 e. The first-order valence-corrected chi connectivity index (χ1v) is 11.8. The zero-order valence-electron chi connectivity index (χ0n) is 16.4. The van der Waals surface area contributed by atoms with Gasteiger partial charge in [0.25, 0.3) is 15.6 Å². The highest BCUT2D eigenvalue weighted by Gasteiger charge is 2.30. The number of aromatic hydroxyl groups is 1. The molecule has 2 aromatic heterocycles. The molecule has 0 radical (unpaired) electrons. The van der Waals surface area contributed by atoms with Crippen LogP contribution in [0.25, 0.3) is 10.2 Å². The molecule has 1 aliphatic heterocycles. The number of nitrogens with zero attached hydrogens (tertiary/aromatic N) is 2. The molecule has 4 aromatic rings. The number of anilines is 1. The van der Waals surface area contributed by atoms with Crippen LogP contribution in [0.3, 0.4) is 0 Å². The molecule has 3 heterocycles. The van der Waals surface area contributed by atoms with Crippen molar-refractivity contribution < 1.29 is 13.5 Å². The number of hydrogen-bond acceptors (Lipinski definition) is 6. The van der Waals surface area contributed by atoms with Crippen molar-refractivity contribution in [3.05, 3.63) is 87.0 Å². The number of nitrogens with one attached hydrogen (secondary N) is 1. The number of para-hydroxylation sites is 1. The molecule has 5 rings (SSSR count). The summed E-state index contributed by atoms with van der Waals surface area (Å²) in [5, 5.41) is 16.3. The fraction of sp³-hybridized carbons (Fsp3) is 0.0909. The van der Waals surface area contributed by atoms with Crippen molar-refractivity contribution in [2.45, 2.75) is 18.4 Å². The topological polar surface area (TPSA) is 101 Å². The van der Waals surface area contributed by atoms with Gasteiger partial charge in [-0.15, -0.1) is 15.7 Å². The van der Waals surface area contributed by atoms with Crippen LogP contribution in [0.2, 0.25) is 0 Å². The monoisotopic (exact) mass is 451 g/mol. The first kappa shape index (κ1) is 19.5. The fourth-order valence-electron chi connectivity index (χ4n) is 3.72. The van der Waals surface area contributed by atoms with Crippen LogP contribution in [0.4, 0.5) is 5.69 Å². The van der Waals surface area contributed by atoms with Crippen LogP contribution in [-0.2, 0) is 16.6 Å². The Kier molecular flexibility index (Phi) is 4.45. The summed E-state index contributed by atoms with van der Waals surface area (Å²) in [7, 11) is -4.03. The predicted molar refractivity (Wildman–Crippen MR) is 122 cm³/mol. The lowest BCUT2D eigenvalue weighted by Gasteiger charge is -2.20. The molecule has 2 aromatic carbocycles. The number of aryl methyl sites for hydroxylation is 1. The predicted octanol–water partition coefficient (Wildman–Crippen LogP) is 3.69. The average Bonchev–Trinajstić information content (AvgIpc) is 3.13. The Morgan fingerprint density at radius 1 is 1.10 bits per heavy atom. The van der Waals surface area contributed by atoms with Gasteiger partial charge in [-0.05, 0) is 35.6 Å². The molecule has 7 nitrogen and oxygen atoms in total. The Labute approximate surface area is 182 Å². The number of thiophene rings is 1. The van der Waals surface area contributed by atoms with Crippen molar-refractivity contribution in [2.24, 2.45) is 4.40 Å². The van der Waals surface area contributed by atoms with E-state index in [0.29, 0.717) is 15.9 Å². The van der Waals surface area contributed by atoms with E-state index in [1.54, 1.807) is 22.8 Å². The summed E-state index contributed by atoms with van der Waals surface area (Å²) in [5.41, 5.74) is 1.33. The maximum atomic E-state index is 13.5. The molecule has 0 fully saturated rings. The highest BCUT2D eigenvalue weighted by atomic mass is 32.2. The minimum absolute atomic E-state index is 0.0237. The van der Waals surface area contributed by atoms with Gasteiger partial charge in [0.15, 0.2) is 5.84 Å². The summed E-state index contributed by atoms with van der Waals surface area (Å²) in [4.78, 5) is 14.2. The summed E-state index contributed by atoms with van der Waals surface area (Å²) in [6.45, 7) is 2.11. The number of amidine groups is 1. The lowest BCUT2D eigenvalue weighted by atomic mass is 10.1. The van der Waals surface area contributed by atoms with Gasteiger partial charge in [0.2, 0.25) is 0 Å². The van der Waals surface area contributed by atoms with Gasteiger partial charge < -0.3 is 10.4 Å². The smallest absolute Gasteiger partial charge is 0.286 e. The maximum Gasteiger partial charge on any atom is 0.286 e. The van der Waals surface area contributed by atoms with Crippen molar-refractivity contribution >= 4 is 43.1 Å². The molecule has 0 unspecified atom stereocenters. The Hall–Kier alpha value is -3.43. The third kappa shape index (κ3) is 3.13. The Bertz CT molecular complexity index is 1530. The molecule has 0 amide bonds. The van der Waals surface area contributed by atoms with Crippen LogP contribution in [0.5, 0.6) is 5.75 Å². The number of rotatable bonds is 3. The molecule has 0 spiro atoms. The number of sulfonamides is 1. The number of pyridine rings is 1. The molecular weight excluding hydrogens is 434 g/mol. The molecule has 0 saturated carbocycles. The molecular formula is C22H17N3O4S2. The van der Waals surface area contributed by atoms with E-state index in [-0.39, 0.29) is 28.6 Å². The summed E-state index contributed by atoms with van der Waals surface area (Å²) in [6.07, 6.45) is 0. The molecule has 2 N–H and O–H groups in total. The lowest BCUT2D eigenvalue weighted by molar-refractivity contribution is 0.478. The van der Waals surface area contributed by atoms with Gasteiger partial charge in [-0.25, -0.2) is 0 Å². The van der Waals surface area contributed by atoms with Gasteiger partial charge in [-0.1, -0.05) is 42.5 Å². The lowest BCUT2D eigenvalue weighted by Crippen LogP contribution is -2.32. The normalized spacial score (nSPS) is 14.7. The SMILES string of the molecule is Cc1csc2c1c(O)c(C1=NS(=O)(=O)c3ccccc3N1)c(=O)n2Cc1ccccc1. The summed E-state index contributed by atoms with van der Waals surface area (Å²) in [5.74, 6) is -0.459. The molecule has 0 aliphatic carbocycles. The van der Waals surface area contributed by atoms with Gasteiger partial charge in [0, 0.05) is 0 Å². The largest absolute Gasteiger partial charge is 0.506 e. The zero-order chi connectivity index (χ0) is 21.8. The van der Waals surface area contributed by atoms with E-state index in [9.17, 15) is 18.3 Å². The second-order valence-electron chi connectivity index (χ2n) is 7.24. The van der Waals surface area contributed by atoms with E-state index in [2.05, 4.69) is 9.71 Å². The molecule has 31 heavy (non-hydrogen) atoms. The van der Waals surface area contributed by atoms with Crippen molar-refractivity contribution in [3.63, 3.8) is 0 Å². The average molecular weight is 452 g/mol. The van der Waals surface area contributed by atoms with Gasteiger partial charge >= 0.3 is 0 Å². The summed E-state index contributed by atoms with van der Waals surface area (Å²) >= 11 is 1.36. The second kappa shape index (κ2) is 7.07. The van der Waals surface area contributed by atoms with Crippen molar-refractivity contribution in [1.82, 2.24) is 4.57 Å². The van der Waals surface area contributed by atoms with Crippen LogP contribution < -0.4 is 10.9 Å². The van der Waals surface area contributed by atoms with Crippen molar-refractivity contribution in [1.29, 1.82) is 0 Å². The summed E-state index contributed by atoms with van der Waals surface area (Å²) < 4.78 is 30.8. The molecule has 0 atom stereocenters. The van der Waals surface area contributed by atoms with E-state index in [1.165, 1.54) is 17.4 Å². The zero-order valence-corrected chi connectivity index (χ0v) is 18.0. The van der Waals surface area contributed by atoms with Crippen molar-refractivity contribution in [2.75, 3.05) is 5.32 Å². The first-order chi connectivity index (χ1) is 14.9. The molecule has 0 bridgehead atoms. The standard InChI is InChI=1S/C22H17N3O4S2/c1-13-12-30-22-17(13)19(26)18(21(27)25(22)11-14-7-3-2-4-8-14)20-23-15-9-5-6-10-16(15)31(28,29)24-20/h2-10,12,26H,11H2,1H3,(H,23,24). The van der Waals surface area contributed by atoms with E-state index in [1.807, 2.05) is 42.6 Å². The maximum absolute atomic E-state index is 13.5. The third-order valence-corrected chi connectivity index (χ3v) is 7.64. The van der Waals surface area contributed by atoms with Gasteiger partial charge in [0.1, 0.15) is 21.0 Å². The Morgan fingerprint density at radius 3 is 2.58 bits per heavy atom. The highest BCUT2D eigenvalue weighted by molar-refractivity contribution is 7.90. The van der Waals surface area contributed by atoms with E-state index < -0.39 is 15.6 Å². The molecule has 1 aliphatic rings. The number of fused-ring (bicyclic) bond motifs is 2. The molecule has 0 saturated heterocycles. The van der Waals surface area contributed by atoms with Crippen LogP contribution >= 0.6 is 11.3 Å². The van der Waals surface area contributed by atoms with E-state index in [4.69, 9.17) is 0 Å². The van der Waals surface area contributed by atoms with Crippen LogP contribution in [-0.4, -0.2) is 23.9 Å². The van der Waals surface area contributed by atoms with E-state index >= 15 is 0 Å². The Balaban J connectivity index is 1.78. The number of hydrogen-bond donors (Lipinski definition) is 2. The minimum atomic E-state index is -4.03. The summed E-state index contributed by atoms with van der Waals surface area (Å²) in [6, 6.07) is 15.8. The highest BCUT2D eigenvalue weighted by Crippen LogP contribution is 2.36. The fourth-order valence-corrected chi connectivity index (χ4v) is 5.90. The quantitative estimate of drug-likeness (QED) is 0.495. The van der Waals surface area contributed by atoms with Crippen LogP contribution in [0.1, 0.15) is 16.7 Å². The van der Waals surface area contributed by atoms with E-state index in [0.717, 1.165) is 11.1 Å².